The summed E-state index contributed by atoms with van der Waals surface area (Å²) in [5.41, 5.74) is 0.628. The predicted octanol–water partition coefficient (Wildman–Crippen LogP) is 1.76. The number of nitrogens with one attached hydrogen (secondary N) is 1. The van der Waals surface area contributed by atoms with Gasteiger partial charge in [-0.05, 0) is 12.1 Å². The monoisotopic (exact) mass is 196 g/mol. The molecular formula is C8H8N2O2S. The lowest BCUT2D eigenvalue weighted by Gasteiger charge is -1.98. The molecule has 1 aromatic carbocycles. The molecule has 1 aromatic heterocycles. The van der Waals surface area contributed by atoms with Crippen LogP contribution < -0.4 is 0 Å². The van der Waals surface area contributed by atoms with Crippen molar-refractivity contribution in [3.8, 4) is 0 Å². The lowest BCUT2D eigenvalue weighted by atomic mass is 10.3. The summed E-state index contributed by atoms with van der Waals surface area (Å²) in [5.74, 6) is 0.369. The molecular weight excluding hydrogens is 188 g/mol. The smallest absolute Gasteiger partial charge is 0.183 e. The van der Waals surface area contributed by atoms with Gasteiger partial charge >= 0.3 is 0 Å². The molecule has 68 valence electrons. The van der Waals surface area contributed by atoms with Crippen LogP contribution in [0.15, 0.2) is 24.3 Å². The van der Waals surface area contributed by atoms with Gasteiger partial charge in [-0.1, -0.05) is 12.1 Å². The van der Waals surface area contributed by atoms with Crippen LogP contribution in [0.25, 0.3) is 11.0 Å². The summed E-state index contributed by atoms with van der Waals surface area (Å²) < 4.78 is 8.62. The summed E-state index contributed by atoms with van der Waals surface area (Å²) in [6.07, 6.45) is 0. The van der Waals surface area contributed by atoms with Gasteiger partial charge in [-0.2, -0.15) is 0 Å². The second-order valence-electron chi connectivity index (χ2n) is 2.60. The van der Waals surface area contributed by atoms with Gasteiger partial charge in [-0.15, -0.1) is 0 Å². The molecule has 1 unspecified atom stereocenters. The Balaban J connectivity index is 2.49. The minimum absolute atomic E-state index is 0.355. The van der Waals surface area contributed by atoms with E-state index in [-0.39, 0.29) is 0 Å². The number of fused-ring (bicyclic) bond motifs is 1. The van der Waals surface area contributed by atoms with Crippen molar-refractivity contribution in [3.05, 3.63) is 30.1 Å². The number of nitrogens with zero attached hydrogens (tertiary/aromatic N) is 1. The molecule has 2 aromatic rings. The molecule has 1 heterocycles. The van der Waals surface area contributed by atoms with Gasteiger partial charge in [0.05, 0.1) is 11.0 Å². The van der Waals surface area contributed by atoms with E-state index in [4.69, 9.17) is 4.55 Å². The van der Waals surface area contributed by atoms with Crippen molar-refractivity contribution in [2.24, 2.45) is 0 Å². The van der Waals surface area contributed by atoms with E-state index in [0.29, 0.717) is 17.9 Å². The molecule has 0 spiro atoms. The second kappa shape index (κ2) is 3.37. The Bertz CT molecular complexity index is 382. The maximum absolute atomic E-state index is 9.25. The van der Waals surface area contributed by atoms with Crippen molar-refractivity contribution < 1.29 is 9.66 Å². The highest BCUT2D eigenvalue weighted by Crippen LogP contribution is 2.22. The summed E-state index contributed by atoms with van der Waals surface area (Å²) in [5, 5.41) is 9.25. The van der Waals surface area contributed by atoms with Crippen LogP contribution in [0, 0.1) is 0 Å². The molecule has 4 nitrogen and oxygen atoms in total. The van der Waals surface area contributed by atoms with Gasteiger partial charge in [0.2, 0.25) is 0 Å². The topological polar surface area (TPSA) is 69.1 Å². The van der Waals surface area contributed by atoms with E-state index in [1.807, 2.05) is 24.3 Å². The molecule has 1 atom stereocenters. The van der Waals surface area contributed by atoms with Crippen LogP contribution in [0.5, 0.6) is 0 Å². The van der Waals surface area contributed by atoms with E-state index in [9.17, 15) is 5.11 Å². The zero-order valence-corrected chi connectivity index (χ0v) is 7.45. The number of aliphatic hydroxyl groups excluding tert-OH is 1. The third-order valence-electron chi connectivity index (χ3n) is 1.74. The number of aromatic nitrogens is 2. The number of rotatable bonds is 2. The lowest BCUT2D eigenvalue weighted by Crippen LogP contribution is -1.93. The first kappa shape index (κ1) is 8.55. The van der Waals surface area contributed by atoms with Crippen molar-refractivity contribution in [1.29, 1.82) is 0 Å². The standard InChI is InChI=1S/C8H8N2O2S/c11-8(13-12)7-9-5-3-1-2-4-6(5)10-7/h1-4,8,11-12H,(H,9,10). The van der Waals surface area contributed by atoms with Crippen LogP contribution in [0.4, 0.5) is 0 Å². The van der Waals surface area contributed by atoms with E-state index in [1.54, 1.807) is 0 Å². The van der Waals surface area contributed by atoms with Crippen molar-refractivity contribution in [1.82, 2.24) is 9.97 Å². The van der Waals surface area contributed by atoms with Crippen LogP contribution in [0.3, 0.4) is 0 Å². The molecule has 0 aliphatic heterocycles. The molecule has 0 saturated carbocycles. The molecule has 13 heavy (non-hydrogen) atoms. The molecule has 3 N–H and O–H groups in total. The second-order valence-corrected chi connectivity index (χ2v) is 3.25. The first-order valence-corrected chi connectivity index (χ1v) is 4.58. The van der Waals surface area contributed by atoms with Gasteiger partial charge in [0, 0.05) is 12.0 Å². The van der Waals surface area contributed by atoms with E-state index in [2.05, 4.69) is 9.97 Å². The van der Waals surface area contributed by atoms with Crippen molar-refractivity contribution in [2.75, 3.05) is 0 Å². The summed E-state index contributed by atoms with van der Waals surface area (Å²) >= 11 is 0.355. The number of para-hydroxylation sites is 2. The maximum Gasteiger partial charge on any atom is 0.183 e. The zero-order valence-electron chi connectivity index (χ0n) is 6.64. The maximum atomic E-state index is 9.25. The fraction of sp³-hybridized carbons (Fsp3) is 0.125. The molecule has 0 bridgehead atoms. The molecule has 0 aliphatic carbocycles. The predicted molar refractivity (Wildman–Crippen MR) is 51.3 cm³/mol. The van der Waals surface area contributed by atoms with Crippen LogP contribution in [0.1, 0.15) is 11.3 Å². The van der Waals surface area contributed by atoms with Crippen LogP contribution in [-0.2, 0) is 0 Å². The molecule has 0 radical (unpaired) electrons. The number of aliphatic hydroxyl groups is 1. The van der Waals surface area contributed by atoms with Gasteiger partial charge in [-0.25, -0.2) is 4.98 Å². The SMILES string of the molecule is OSC(O)c1nc2ccccc2[nH]1. The van der Waals surface area contributed by atoms with Gasteiger partial charge in [-0.3, -0.25) is 0 Å². The Hall–Kier alpha value is -1.04. The van der Waals surface area contributed by atoms with Crippen LogP contribution >= 0.6 is 12.0 Å². The average Bonchev–Trinajstić information content (AvgIpc) is 2.59. The Morgan fingerprint density at radius 2 is 2.15 bits per heavy atom. The number of aromatic amines is 1. The van der Waals surface area contributed by atoms with Crippen LogP contribution in [-0.4, -0.2) is 19.6 Å². The molecule has 2 rings (SSSR count). The third kappa shape index (κ3) is 1.53. The number of H-pyrrole nitrogens is 1. The highest BCUT2D eigenvalue weighted by molar-refractivity contribution is 7.93. The largest absolute Gasteiger partial charge is 0.373 e. The number of benzene rings is 1. The molecule has 0 fully saturated rings. The summed E-state index contributed by atoms with van der Waals surface area (Å²) in [7, 11) is 0. The molecule has 0 aliphatic rings. The molecule has 5 heteroatoms. The number of hydrogen-bond acceptors (Lipinski definition) is 4. The number of imidazole rings is 1. The van der Waals surface area contributed by atoms with Crippen LogP contribution in [0.2, 0.25) is 0 Å². The Morgan fingerprint density at radius 3 is 2.85 bits per heavy atom. The first-order valence-electron chi connectivity index (χ1n) is 3.74. The highest BCUT2D eigenvalue weighted by atomic mass is 32.2. The fourth-order valence-electron chi connectivity index (χ4n) is 1.14. The zero-order chi connectivity index (χ0) is 9.26. The summed E-state index contributed by atoms with van der Waals surface area (Å²) in [6.45, 7) is 0. The summed E-state index contributed by atoms with van der Waals surface area (Å²) in [6, 6.07) is 7.44. The average molecular weight is 196 g/mol. The Kier molecular flexibility index (Phi) is 2.22. The minimum atomic E-state index is -1.01. The highest BCUT2D eigenvalue weighted by Gasteiger charge is 2.11. The van der Waals surface area contributed by atoms with E-state index in [0.717, 1.165) is 11.0 Å². The molecule has 0 saturated heterocycles. The number of hydrogen-bond donors (Lipinski definition) is 3. The minimum Gasteiger partial charge on any atom is -0.373 e. The quantitative estimate of drug-likeness (QED) is 0.505. The van der Waals surface area contributed by atoms with E-state index < -0.39 is 5.44 Å². The first-order chi connectivity index (χ1) is 6.31. The Morgan fingerprint density at radius 1 is 1.38 bits per heavy atom. The lowest BCUT2D eigenvalue weighted by molar-refractivity contribution is 0.253. The van der Waals surface area contributed by atoms with E-state index >= 15 is 0 Å². The van der Waals surface area contributed by atoms with Crippen molar-refractivity contribution >= 4 is 23.1 Å². The molecule has 0 amide bonds. The summed E-state index contributed by atoms with van der Waals surface area (Å²) in [4.78, 5) is 7.00. The van der Waals surface area contributed by atoms with Gasteiger partial charge in [0.15, 0.2) is 5.44 Å². The van der Waals surface area contributed by atoms with E-state index in [1.165, 1.54) is 0 Å². The van der Waals surface area contributed by atoms with Gasteiger partial charge in [0.1, 0.15) is 5.82 Å². The van der Waals surface area contributed by atoms with Crippen molar-refractivity contribution in [2.45, 2.75) is 5.44 Å². The third-order valence-corrected chi connectivity index (χ3v) is 2.16. The fourth-order valence-corrected chi connectivity index (χ4v) is 1.35. The Labute approximate surface area is 78.8 Å². The van der Waals surface area contributed by atoms with Crippen molar-refractivity contribution in [3.63, 3.8) is 0 Å². The normalized spacial score (nSPS) is 13.4. The van der Waals surface area contributed by atoms with Gasteiger partial charge in [0.25, 0.3) is 0 Å². The van der Waals surface area contributed by atoms with Gasteiger partial charge < -0.3 is 14.6 Å².